The summed E-state index contributed by atoms with van der Waals surface area (Å²) in [4.78, 5) is 83.1. The van der Waals surface area contributed by atoms with Crippen LogP contribution in [-0.4, -0.2) is 144 Å². The Labute approximate surface area is 504 Å². The van der Waals surface area contributed by atoms with Crippen molar-refractivity contribution in [2.24, 2.45) is 5.41 Å². The standard InChI is InChI=1S/C66H83N9O9S/c1-44(48-16-18-50(19-17-48)61-45(2)70-43-85-61)71-63(79)58-39-52(76)41-75(58)65(81)62(66(3,4)5)72-59(77)13-8-9-36-82-53-20-14-46(15-21-53)26-31-69-60(78)42-83-54-22-24-55(25-23-54)84-56-12-10-11-51(38-56)64(80)73(7)40-47-27-30-68-57(37-47)49-28-33-74(34-29-49)35-32-67-6/h10-12,14-25,27,30,37-38,43-44,49,52,58,62,67,76H,8-9,13,26,28-29,31-36,39-42H2,1-7H3,(H,69,78)(H,71,79)(H,72,77)/t44-,52+,58-,62+/m0/s1. The number of hydrogen-bond acceptors (Lipinski definition) is 14. The van der Waals surface area contributed by atoms with Gasteiger partial charge in [-0.25, -0.2) is 4.98 Å². The van der Waals surface area contributed by atoms with Crippen LogP contribution in [0, 0.1) is 12.3 Å². The van der Waals surface area contributed by atoms with Gasteiger partial charge in [-0.2, -0.15) is 0 Å². The van der Waals surface area contributed by atoms with Gasteiger partial charge in [0.2, 0.25) is 17.7 Å². The fourth-order valence-corrected chi connectivity index (χ4v) is 11.5. The molecule has 4 aromatic carbocycles. The van der Waals surface area contributed by atoms with Crippen molar-refractivity contribution in [2.75, 3.05) is 66.6 Å². The molecule has 0 saturated carbocycles. The van der Waals surface area contributed by atoms with Gasteiger partial charge >= 0.3 is 0 Å². The van der Waals surface area contributed by atoms with Gasteiger partial charge in [0.05, 0.1) is 34.8 Å². The van der Waals surface area contributed by atoms with Gasteiger partial charge < -0.3 is 55.3 Å². The topological polar surface area (TPSA) is 217 Å². The van der Waals surface area contributed by atoms with E-state index in [1.165, 1.54) is 4.90 Å². The van der Waals surface area contributed by atoms with Crippen molar-refractivity contribution in [3.05, 3.63) is 155 Å². The molecule has 18 nitrogen and oxygen atoms in total. The number of likely N-dealkylation sites (N-methyl/N-ethyl adjacent to an activating group) is 1. The molecule has 2 fully saturated rings. The number of aryl methyl sites for hydroxylation is 1. The van der Waals surface area contributed by atoms with Crippen LogP contribution in [0.3, 0.4) is 0 Å². The Morgan fingerprint density at radius 1 is 0.812 bits per heavy atom. The smallest absolute Gasteiger partial charge is 0.257 e. The second-order valence-electron chi connectivity index (χ2n) is 23.3. The van der Waals surface area contributed by atoms with E-state index in [9.17, 15) is 29.1 Å². The summed E-state index contributed by atoms with van der Waals surface area (Å²) < 4.78 is 17.8. The number of pyridine rings is 1. The quantitative estimate of drug-likeness (QED) is 0.0306. The number of nitrogens with one attached hydrogen (secondary N) is 4. The molecule has 0 spiro atoms. The SMILES string of the molecule is CNCCN1CCC(c2cc(CN(C)C(=O)c3cccc(Oc4ccc(OCC(=O)NCCc5ccc(OCCCCC(=O)N[C@H](C(=O)N6C[C@H](O)C[C@H]6C(=O)N[C@@H](C)c6ccc(-c7scnc7C)cc6)C(C)(C)C)cc5)cc4)c3)ccn2)CC1. The highest BCUT2D eigenvalue weighted by molar-refractivity contribution is 7.13. The number of thiazole rings is 1. The highest BCUT2D eigenvalue weighted by Crippen LogP contribution is 2.32. The van der Waals surface area contributed by atoms with E-state index >= 15 is 0 Å². The molecule has 452 valence electrons. The number of likely N-dealkylation sites (tertiary alicyclic amines) is 2. The minimum atomic E-state index is -0.917. The van der Waals surface area contributed by atoms with Crippen molar-refractivity contribution in [1.29, 1.82) is 0 Å². The molecule has 2 saturated heterocycles. The summed E-state index contributed by atoms with van der Waals surface area (Å²) in [5.41, 5.74) is 7.73. The molecular weight excluding hydrogens is 1090 g/mol. The van der Waals surface area contributed by atoms with Gasteiger partial charge in [0.1, 0.15) is 35.1 Å². The Hall–Kier alpha value is -7.71. The lowest BCUT2D eigenvalue weighted by atomic mass is 9.85. The number of ether oxygens (including phenoxy) is 3. The molecule has 4 heterocycles. The largest absolute Gasteiger partial charge is 0.494 e. The maximum absolute atomic E-state index is 14.1. The van der Waals surface area contributed by atoms with Crippen LogP contribution in [0.1, 0.15) is 117 Å². The third-order valence-electron chi connectivity index (χ3n) is 15.6. The van der Waals surface area contributed by atoms with Crippen LogP contribution in [0.25, 0.3) is 10.4 Å². The molecule has 6 aromatic rings. The predicted octanol–water partition coefficient (Wildman–Crippen LogP) is 8.63. The third kappa shape index (κ3) is 18.4. The first-order chi connectivity index (χ1) is 40.9. The summed E-state index contributed by atoms with van der Waals surface area (Å²) in [7, 11) is 3.79. The summed E-state index contributed by atoms with van der Waals surface area (Å²) >= 11 is 1.57. The molecule has 2 aliphatic rings. The number of benzene rings is 4. The van der Waals surface area contributed by atoms with Crippen molar-refractivity contribution in [1.82, 2.24) is 45.9 Å². The van der Waals surface area contributed by atoms with Crippen LogP contribution in [0.15, 0.2) is 121 Å². The molecule has 5 N–H and O–H groups in total. The van der Waals surface area contributed by atoms with E-state index in [0.717, 1.165) is 77.5 Å². The van der Waals surface area contributed by atoms with Crippen LogP contribution in [0.5, 0.6) is 23.0 Å². The van der Waals surface area contributed by atoms with Gasteiger partial charge in [0.15, 0.2) is 6.61 Å². The number of nitrogens with zero attached hydrogens (tertiary/aromatic N) is 5. The van der Waals surface area contributed by atoms with Crippen molar-refractivity contribution < 1.29 is 43.3 Å². The first-order valence-electron chi connectivity index (χ1n) is 29.6. The van der Waals surface area contributed by atoms with Gasteiger partial charge in [-0.15, -0.1) is 11.3 Å². The Morgan fingerprint density at radius 2 is 1.53 bits per heavy atom. The van der Waals surface area contributed by atoms with Crippen molar-refractivity contribution in [2.45, 2.75) is 116 Å². The van der Waals surface area contributed by atoms with Gasteiger partial charge in [0.25, 0.3) is 11.8 Å². The van der Waals surface area contributed by atoms with E-state index in [1.54, 1.807) is 71.8 Å². The molecule has 0 bridgehead atoms. The number of aliphatic hydroxyl groups is 1. The average Bonchev–Trinajstić information content (AvgIpc) is 3.54. The lowest BCUT2D eigenvalue weighted by Crippen LogP contribution is -2.57. The zero-order chi connectivity index (χ0) is 60.5. The Bertz CT molecular complexity index is 3160. The average molecular weight is 1180 g/mol. The molecule has 85 heavy (non-hydrogen) atoms. The summed E-state index contributed by atoms with van der Waals surface area (Å²) in [5, 5.41) is 22.8. The Kier molecular flexibility index (Phi) is 22.6. The van der Waals surface area contributed by atoms with Crippen LogP contribution >= 0.6 is 11.3 Å². The highest BCUT2D eigenvalue weighted by atomic mass is 32.1. The fraction of sp³-hybridized carbons (Fsp3) is 0.439. The van der Waals surface area contributed by atoms with E-state index in [2.05, 4.69) is 37.2 Å². The zero-order valence-corrected chi connectivity index (χ0v) is 50.9. The molecule has 0 radical (unpaired) electrons. The van der Waals surface area contributed by atoms with Gasteiger partial charge in [0, 0.05) is 76.0 Å². The summed E-state index contributed by atoms with van der Waals surface area (Å²) in [6.45, 7) is 14.7. The van der Waals surface area contributed by atoms with Crippen LogP contribution in [-0.2, 0) is 32.1 Å². The van der Waals surface area contributed by atoms with Crippen LogP contribution in [0.2, 0.25) is 0 Å². The highest BCUT2D eigenvalue weighted by Gasteiger charge is 2.44. The van der Waals surface area contributed by atoms with Gasteiger partial charge in [-0.3, -0.25) is 29.0 Å². The number of amides is 5. The maximum atomic E-state index is 14.1. The van der Waals surface area contributed by atoms with Crippen LogP contribution < -0.4 is 35.5 Å². The molecule has 2 aromatic heterocycles. The lowest BCUT2D eigenvalue weighted by Gasteiger charge is -2.35. The van der Waals surface area contributed by atoms with E-state index in [0.29, 0.717) is 73.4 Å². The first kappa shape index (κ1) is 63.3. The molecule has 5 amide bonds. The van der Waals surface area contributed by atoms with E-state index in [4.69, 9.17) is 19.2 Å². The number of rotatable bonds is 27. The van der Waals surface area contributed by atoms with Crippen LogP contribution in [0.4, 0.5) is 0 Å². The number of carbonyl (C=O) groups excluding carboxylic acids is 5. The number of hydrogen-bond donors (Lipinski definition) is 5. The van der Waals surface area contributed by atoms with Gasteiger partial charge in [-0.05, 0) is 160 Å². The maximum Gasteiger partial charge on any atom is 0.257 e. The molecule has 0 aliphatic carbocycles. The number of β-amino-alcohol motifs (C(OH)–C–C–N with tert-alkyl or cyclic N) is 1. The zero-order valence-electron chi connectivity index (χ0n) is 50.1. The summed E-state index contributed by atoms with van der Waals surface area (Å²) in [6.07, 6.45) is 5.15. The number of aliphatic hydroxyl groups excluding tert-OH is 1. The number of piperidine rings is 1. The van der Waals surface area contributed by atoms with E-state index in [1.807, 2.05) is 108 Å². The summed E-state index contributed by atoms with van der Waals surface area (Å²) in [6, 6.07) is 31.6. The Morgan fingerprint density at radius 3 is 2.24 bits per heavy atom. The lowest BCUT2D eigenvalue weighted by molar-refractivity contribution is -0.144. The molecule has 8 rings (SSSR count). The number of carbonyl (C=O) groups is 5. The minimum Gasteiger partial charge on any atom is -0.494 e. The number of aromatic nitrogens is 2. The molecule has 0 unspecified atom stereocenters. The van der Waals surface area contributed by atoms with Crippen molar-refractivity contribution in [3.8, 4) is 33.4 Å². The van der Waals surface area contributed by atoms with Crippen molar-refractivity contribution in [3.63, 3.8) is 0 Å². The summed E-state index contributed by atoms with van der Waals surface area (Å²) in [5.74, 6) is 1.26. The second kappa shape index (κ2) is 30.4. The van der Waals surface area contributed by atoms with E-state index < -0.39 is 29.5 Å². The molecule has 19 heteroatoms. The normalized spacial score (nSPS) is 16.3. The minimum absolute atomic E-state index is 0.00588. The monoisotopic (exact) mass is 1180 g/mol. The van der Waals surface area contributed by atoms with Gasteiger partial charge in [-0.1, -0.05) is 63.2 Å². The van der Waals surface area contributed by atoms with E-state index in [-0.39, 0.29) is 55.7 Å². The third-order valence-corrected chi connectivity index (χ3v) is 16.6. The second-order valence-corrected chi connectivity index (χ2v) is 24.1. The Balaban J connectivity index is 0.693. The molecule has 4 atom stereocenters. The first-order valence-corrected chi connectivity index (χ1v) is 30.4. The fourth-order valence-electron chi connectivity index (χ4n) is 10.7. The molecular formula is C66H83N9O9S. The molecule has 2 aliphatic heterocycles. The predicted molar refractivity (Wildman–Crippen MR) is 330 cm³/mol. The number of unbranched alkanes of at least 4 members (excludes halogenated alkanes) is 1. The van der Waals surface area contributed by atoms with Crippen molar-refractivity contribution >= 4 is 40.9 Å².